The normalized spacial score (nSPS) is 16.9. The molecule has 0 spiro atoms. The van der Waals surface area contributed by atoms with Crippen molar-refractivity contribution in [1.82, 2.24) is 0 Å². The molecule has 0 unspecified atom stereocenters. The molecule has 13 heavy (non-hydrogen) atoms. The van der Waals surface area contributed by atoms with Crippen LogP contribution in [0.4, 0.5) is 0 Å². The van der Waals surface area contributed by atoms with Crippen LogP contribution in [-0.4, -0.2) is 0 Å². The van der Waals surface area contributed by atoms with Gasteiger partial charge in [-0.2, -0.15) is 0 Å². The minimum Gasteiger partial charge on any atom is -0.0985 e. The molecule has 0 atom stereocenters. The molecule has 1 aliphatic rings. The van der Waals surface area contributed by atoms with E-state index in [2.05, 4.69) is 38.7 Å². The van der Waals surface area contributed by atoms with Gasteiger partial charge in [0.25, 0.3) is 0 Å². The molecule has 0 aromatic heterocycles. The third-order valence-electron chi connectivity index (χ3n) is 2.48. The van der Waals surface area contributed by atoms with Gasteiger partial charge in [0.1, 0.15) is 0 Å². The Morgan fingerprint density at radius 3 is 2.46 bits per heavy atom. The van der Waals surface area contributed by atoms with Crippen molar-refractivity contribution in [3.63, 3.8) is 0 Å². The Labute approximate surface area is 81.4 Å². The summed E-state index contributed by atoms with van der Waals surface area (Å²) in [4.78, 5) is 0. The van der Waals surface area contributed by atoms with E-state index in [1.54, 1.807) is 0 Å². The lowest BCUT2D eigenvalue weighted by atomic mass is 10.0. The molecule has 1 rings (SSSR count). The standard InChI is InChI=1S/C13H18/c1-4-11-7-8-12(5-2)10-13(6-3)9-11/h4,7-9H,1,5-6,10H2,2-3H3. The molecule has 0 saturated heterocycles. The van der Waals surface area contributed by atoms with Crippen LogP contribution >= 0.6 is 0 Å². The van der Waals surface area contributed by atoms with E-state index in [-0.39, 0.29) is 0 Å². The molecule has 0 nitrogen and oxygen atoms in total. The van der Waals surface area contributed by atoms with Gasteiger partial charge < -0.3 is 0 Å². The maximum Gasteiger partial charge on any atom is -0.0102 e. The van der Waals surface area contributed by atoms with Crippen molar-refractivity contribution in [3.8, 4) is 0 Å². The van der Waals surface area contributed by atoms with E-state index in [1.165, 1.54) is 16.7 Å². The SMILES string of the molecule is C=CC1=CC=C(CC)CC(CC)=C1. The van der Waals surface area contributed by atoms with Crippen molar-refractivity contribution in [3.05, 3.63) is 47.6 Å². The molecule has 0 fully saturated rings. The molecule has 0 radical (unpaired) electrons. The van der Waals surface area contributed by atoms with Gasteiger partial charge in [0.05, 0.1) is 0 Å². The van der Waals surface area contributed by atoms with E-state index in [4.69, 9.17) is 0 Å². The van der Waals surface area contributed by atoms with Crippen molar-refractivity contribution in [1.29, 1.82) is 0 Å². The number of rotatable bonds is 3. The van der Waals surface area contributed by atoms with Crippen molar-refractivity contribution >= 4 is 0 Å². The first-order valence-electron chi connectivity index (χ1n) is 5.01. The maximum atomic E-state index is 3.80. The molecule has 0 N–H and O–H groups in total. The zero-order chi connectivity index (χ0) is 9.68. The number of hydrogen-bond donors (Lipinski definition) is 0. The molecular formula is C13H18. The molecule has 0 aliphatic heterocycles. The second kappa shape index (κ2) is 4.86. The predicted octanol–water partition coefficient (Wildman–Crippen LogP) is 4.18. The highest BCUT2D eigenvalue weighted by atomic mass is 14.1. The molecular weight excluding hydrogens is 156 g/mol. The first-order valence-corrected chi connectivity index (χ1v) is 5.01. The topological polar surface area (TPSA) is 0 Å². The molecule has 0 aromatic carbocycles. The first-order chi connectivity index (χ1) is 6.30. The fourth-order valence-corrected chi connectivity index (χ4v) is 1.50. The monoisotopic (exact) mass is 174 g/mol. The van der Waals surface area contributed by atoms with Gasteiger partial charge in [0.15, 0.2) is 0 Å². The van der Waals surface area contributed by atoms with E-state index in [0.29, 0.717) is 0 Å². The van der Waals surface area contributed by atoms with Gasteiger partial charge in [-0.15, -0.1) is 0 Å². The second-order valence-electron chi connectivity index (χ2n) is 3.38. The summed E-state index contributed by atoms with van der Waals surface area (Å²) in [6, 6.07) is 0. The summed E-state index contributed by atoms with van der Waals surface area (Å²) in [7, 11) is 0. The highest BCUT2D eigenvalue weighted by molar-refractivity contribution is 5.40. The number of allylic oxidation sites excluding steroid dienone is 7. The molecule has 0 bridgehead atoms. The van der Waals surface area contributed by atoms with E-state index < -0.39 is 0 Å². The summed E-state index contributed by atoms with van der Waals surface area (Å²) in [5.74, 6) is 0. The summed E-state index contributed by atoms with van der Waals surface area (Å²) in [5, 5.41) is 0. The number of hydrogen-bond acceptors (Lipinski definition) is 0. The van der Waals surface area contributed by atoms with Gasteiger partial charge in [-0.3, -0.25) is 0 Å². The third-order valence-corrected chi connectivity index (χ3v) is 2.48. The fraction of sp³-hybridized carbons (Fsp3) is 0.385. The Balaban J connectivity index is 2.93. The summed E-state index contributed by atoms with van der Waals surface area (Å²) in [6.45, 7) is 8.23. The largest absolute Gasteiger partial charge is 0.0985 e. The molecule has 70 valence electrons. The van der Waals surface area contributed by atoms with Crippen LogP contribution in [0, 0.1) is 0 Å². The molecule has 0 aromatic rings. The average Bonchev–Trinajstić information content (AvgIpc) is 2.39. The van der Waals surface area contributed by atoms with Crippen LogP contribution in [0.2, 0.25) is 0 Å². The van der Waals surface area contributed by atoms with Crippen molar-refractivity contribution in [2.24, 2.45) is 0 Å². The summed E-state index contributed by atoms with van der Waals surface area (Å²) < 4.78 is 0. The van der Waals surface area contributed by atoms with Crippen LogP contribution in [0.1, 0.15) is 33.1 Å². The Hall–Kier alpha value is -1.04. The summed E-state index contributed by atoms with van der Waals surface area (Å²) >= 11 is 0. The van der Waals surface area contributed by atoms with Gasteiger partial charge in [-0.05, 0) is 24.8 Å². The molecule has 0 amide bonds. The van der Waals surface area contributed by atoms with Crippen LogP contribution in [0.5, 0.6) is 0 Å². The van der Waals surface area contributed by atoms with Gasteiger partial charge >= 0.3 is 0 Å². The van der Waals surface area contributed by atoms with Crippen LogP contribution in [-0.2, 0) is 0 Å². The third kappa shape index (κ3) is 2.73. The predicted molar refractivity (Wildman–Crippen MR) is 59.6 cm³/mol. The highest BCUT2D eigenvalue weighted by Gasteiger charge is 2.02. The zero-order valence-electron chi connectivity index (χ0n) is 8.64. The molecule has 1 aliphatic carbocycles. The van der Waals surface area contributed by atoms with Crippen LogP contribution in [0.25, 0.3) is 0 Å². The molecule has 0 heteroatoms. The highest BCUT2D eigenvalue weighted by Crippen LogP contribution is 2.22. The zero-order valence-corrected chi connectivity index (χ0v) is 8.64. The lowest BCUT2D eigenvalue weighted by molar-refractivity contribution is 0.937. The van der Waals surface area contributed by atoms with Crippen molar-refractivity contribution in [2.75, 3.05) is 0 Å². The van der Waals surface area contributed by atoms with Crippen LogP contribution in [0.15, 0.2) is 47.6 Å². The van der Waals surface area contributed by atoms with Gasteiger partial charge in [0.2, 0.25) is 0 Å². The van der Waals surface area contributed by atoms with Gasteiger partial charge in [-0.25, -0.2) is 0 Å². The van der Waals surface area contributed by atoms with Gasteiger partial charge in [0, 0.05) is 0 Å². The Bertz CT molecular complexity index is 274. The Morgan fingerprint density at radius 1 is 1.23 bits per heavy atom. The maximum absolute atomic E-state index is 3.80. The van der Waals surface area contributed by atoms with Crippen molar-refractivity contribution < 1.29 is 0 Å². The molecule has 0 saturated carbocycles. The summed E-state index contributed by atoms with van der Waals surface area (Å²) in [5.41, 5.74) is 4.27. The van der Waals surface area contributed by atoms with Crippen LogP contribution in [0.3, 0.4) is 0 Å². The summed E-state index contributed by atoms with van der Waals surface area (Å²) in [6.07, 6.45) is 12.0. The lowest BCUT2D eigenvalue weighted by Crippen LogP contribution is -1.84. The van der Waals surface area contributed by atoms with Crippen molar-refractivity contribution in [2.45, 2.75) is 33.1 Å². The minimum absolute atomic E-state index is 1.14. The lowest BCUT2D eigenvalue weighted by Gasteiger charge is -2.04. The Kier molecular flexibility index (Phi) is 3.75. The fourth-order valence-electron chi connectivity index (χ4n) is 1.50. The van der Waals surface area contributed by atoms with E-state index >= 15 is 0 Å². The smallest absolute Gasteiger partial charge is 0.0102 e. The van der Waals surface area contributed by atoms with E-state index in [1.807, 2.05) is 6.08 Å². The first kappa shape index (κ1) is 10.0. The Morgan fingerprint density at radius 2 is 1.92 bits per heavy atom. The minimum atomic E-state index is 1.14. The average molecular weight is 174 g/mol. The molecule has 0 heterocycles. The van der Waals surface area contributed by atoms with Gasteiger partial charge in [-0.1, -0.05) is 55.9 Å². The quantitative estimate of drug-likeness (QED) is 0.602. The van der Waals surface area contributed by atoms with E-state index in [9.17, 15) is 0 Å². The second-order valence-corrected chi connectivity index (χ2v) is 3.38. The van der Waals surface area contributed by atoms with Crippen LogP contribution < -0.4 is 0 Å². The van der Waals surface area contributed by atoms with E-state index in [0.717, 1.165) is 19.3 Å².